The van der Waals surface area contributed by atoms with Gasteiger partial charge in [-0.1, -0.05) is 94.3 Å². The number of halogens is 2. The summed E-state index contributed by atoms with van der Waals surface area (Å²) in [5.74, 6) is 0. The van der Waals surface area contributed by atoms with Gasteiger partial charge in [-0.05, 0) is 57.1 Å². The van der Waals surface area contributed by atoms with E-state index in [1.54, 1.807) is 0 Å². The highest BCUT2D eigenvalue weighted by Crippen LogP contribution is 2.63. The maximum absolute atomic E-state index is 6.74. The van der Waals surface area contributed by atoms with Gasteiger partial charge in [0.2, 0.25) is 0 Å². The van der Waals surface area contributed by atoms with Gasteiger partial charge in [0.05, 0.1) is 5.41 Å². The molecule has 1 unspecified atom stereocenters. The van der Waals surface area contributed by atoms with Gasteiger partial charge in [0, 0.05) is 15.1 Å². The third-order valence-electron chi connectivity index (χ3n) is 6.02. The fourth-order valence-corrected chi connectivity index (χ4v) is 5.75. The Bertz CT molecular complexity index is 1250. The van der Waals surface area contributed by atoms with Crippen LogP contribution in [0, 0.1) is 0 Å². The van der Waals surface area contributed by atoms with E-state index in [4.69, 9.17) is 11.6 Å². The lowest BCUT2D eigenvalue weighted by Gasteiger charge is -2.30. The fourth-order valence-electron chi connectivity index (χ4n) is 5.12. The molecule has 1 atom stereocenters. The molecule has 0 heterocycles. The largest absolute Gasteiger partial charge is 0.0837 e. The number of hydrogen-bond donors (Lipinski definition) is 0. The zero-order valence-electron chi connectivity index (χ0n) is 14.3. The lowest BCUT2D eigenvalue weighted by atomic mass is 9.70. The van der Waals surface area contributed by atoms with Crippen LogP contribution in [0.2, 0.25) is 5.02 Å². The minimum atomic E-state index is -0.313. The van der Waals surface area contributed by atoms with Crippen LogP contribution in [0.25, 0.3) is 22.3 Å². The molecule has 0 saturated carbocycles. The van der Waals surface area contributed by atoms with Gasteiger partial charge in [0.1, 0.15) is 0 Å². The van der Waals surface area contributed by atoms with Gasteiger partial charge in [0.25, 0.3) is 0 Å². The van der Waals surface area contributed by atoms with Crippen molar-refractivity contribution in [3.05, 3.63) is 117 Å². The summed E-state index contributed by atoms with van der Waals surface area (Å²) in [5.41, 5.74) is 9.96. The summed E-state index contributed by atoms with van der Waals surface area (Å²) < 4.78 is 1.10. The molecule has 0 fully saturated rings. The molecule has 2 aliphatic carbocycles. The minimum Gasteiger partial charge on any atom is -0.0837 e. The monoisotopic (exact) mass is 428 g/mol. The van der Waals surface area contributed by atoms with E-state index in [1.165, 1.54) is 38.9 Å². The van der Waals surface area contributed by atoms with E-state index < -0.39 is 0 Å². The van der Waals surface area contributed by atoms with Gasteiger partial charge in [-0.2, -0.15) is 0 Å². The summed E-state index contributed by atoms with van der Waals surface area (Å²) in [5, 5.41) is 0.817. The summed E-state index contributed by atoms with van der Waals surface area (Å²) in [6, 6.07) is 30.5. The van der Waals surface area contributed by atoms with E-state index in [2.05, 4.69) is 94.8 Å². The Morgan fingerprint density at radius 2 is 1.22 bits per heavy atom. The molecule has 4 aromatic rings. The van der Waals surface area contributed by atoms with Gasteiger partial charge in [-0.15, -0.1) is 0 Å². The predicted molar refractivity (Wildman–Crippen MR) is 115 cm³/mol. The molecule has 0 nitrogen and oxygen atoms in total. The van der Waals surface area contributed by atoms with Crippen LogP contribution >= 0.6 is 27.5 Å². The number of hydrogen-bond acceptors (Lipinski definition) is 0. The van der Waals surface area contributed by atoms with Crippen LogP contribution in [-0.4, -0.2) is 0 Å². The van der Waals surface area contributed by atoms with Crippen molar-refractivity contribution in [2.24, 2.45) is 0 Å². The smallest absolute Gasteiger partial charge is 0.0726 e. The molecular weight excluding hydrogens is 416 g/mol. The summed E-state index contributed by atoms with van der Waals surface area (Å²) in [6.07, 6.45) is 0. The molecule has 128 valence electrons. The third-order valence-corrected chi connectivity index (χ3v) is 6.83. The van der Waals surface area contributed by atoms with Gasteiger partial charge < -0.3 is 0 Å². The fraction of sp³-hybridized carbons (Fsp3) is 0.0400. The Morgan fingerprint density at radius 3 is 2.04 bits per heavy atom. The van der Waals surface area contributed by atoms with Crippen LogP contribution in [0.1, 0.15) is 22.3 Å². The Balaban J connectivity index is 1.89. The number of rotatable bonds is 0. The van der Waals surface area contributed by atoms with Gasteiger partial charge in [-0.25, -0.2) is 0 Å². The first-order chi connectivity index (χ1) is 13.2. The summed E-state index contributed by atoms with van der Waals surface area (Å²) >= 11 is 10.4. The first kappa shape index (κ1) is 15.7. The quantitative estimate of drug-likeness (QED) is 0.235. The van der Waals surface area contributed by atoms with Crippen molar-refractivity contribution in [1.29, 1.82) is 0 Å². The highest BCUT2D eigenvalue weighted by Gasteiger charge is 2.51. The van der Waals surface area contributed by atoms with Crippen molar-refractivity contribution in [2.75, 3.05) is 0 Å². The Labute approximate surface area is 171 Å². The molecule has 0 saturated heterocycles. The zero-order valence-corrected chi connectivity index (χ0v) is 16.7. The van der Waals surface area contributed by atoms with Crippen LogP contribution in [0.15, 0.2) is 89.4 Å². The van der Waals surface area contributed by atoms with Gasteiger partial charge in [-0.3, -0.25) is 0 Å². The summed E-state index contributed by atoms with van der Waals surface area (Å²) in [6.45, 7) is 0. The van der Waals surface area contributed by atoms with Crippen molar-refractivity contribution in [3.63, 3.8) is 0 Å². The molecule has 2 aliphatic rings. The van der Waals surface area contributed by atoms with E-state index in [-0.39, 0.29) is 5.41 Å². The molecule has 0 N–H and O–H groups in total. The molecule has 4 aromatic carbocycles. The van der Waals surface area contributed by atoms with Crippen LogP contribution in [0.4, 0.5) is 0 Å². The molecule has 0 aliphatic heterocycles. The van der Waals surface area contributed by atoms with E-state index >= 15 is 0 Å². The Morgan fingerprint density at radius 1 is 0.593 bits per heavy atom. The van der Waals surface area contributed by atoms with Crippen molar-refractivity contribution in [2.45, 2.75) is 5.41 Å². The molecule has 0 amide bonds. The Hall–Kier alpha value is -2.35. The predicted octanol–water partition coefficient (Wildman–Crippen LogP) is 7.45. The second-order valence-electron chi connectivity index (χ2n) is 7.19. The molecule has 0 radical (unpaired) electrons. The first-order valence-electron chi connectivity index (χ1n) is 9.01. The standard InChI is InChI=1S/C25H14BrCl/c26-15-12-13-17-16-6-1-3-8-19(16)25(22(17)14-15)20-9-4-2-7-18(20)24-21(25)10-5-11-23(24)27/h1-14H. The van der Waals surface area contributed by atoms with E-state index in [1.807, 2.05) is 6.07 Å². The molecule has 0 bridgehead atoms. The lowest BCUT2D eigenvalue weighted by molar-refractivity contribution is 0.793. The third kappa shape index (κ3) is 1.79. The lowest BCUT2D eigenvalue weighted by Crippen LogP contribution is -2.25. The molecule has 2 heteroatoms. The molecule has 27 heavy (non-hydrogen) atoms. The second kappa shape index (κ2) is 5.34. The topological polar surface area (TPSA) is 0 Å². The average molecular weight is 430 g/mol. The minimum absolute atomic E-state index is 0.313. The average Bonchev–Trinajstić information content (AvgIpc) is 3.15. The van der Waals surface area contributed by atoms with Crippen molar-refractivity contribution >= 4 is 27.5 Å². The van der Waals surface area contributed by atoms with Crippen molar-refractivity contribution in [1.82, 2.24) is 0 Å². The highest BCUT2D eigenvalue weighted by molar-refractivity contribution is 9.10. The molecule has 0 aromatic heterocycles. The maximum Gasteiger partial charge on any atom is 0.0726 e. The zero-order chi connectivity index (χ0) is 18.2. The van der Waals surface area contributed by atoms with Gasteiger partial charge >= 0.3 is 0 Å². The highest BCUT2D eigenvalue weighted by atomic mass is 79.9. The number of benzene rings is 4. The SMILES string of the molecule is Clc1cccc2c1-c1ccccc1C21c2ccccc2-c2ccc(Br)cc21. The second-order valence-corrected chi connectivity index (χ2v) is 8.52. The molecule has 1 spiro atoms. The molecular formula is C25H14BrCl. The van der Waals surface area contributed by atoms with Crippen LogP contribution in [0.3, 0.4) is 0 Å². The summed E-state index contributed by atoms with van der Waals surface area (Å²) in [7, 11) is 0. The van der Waals surface area contributed by atoms with Crippen LogP contribution < -0.4 is 0 Å². The van der Waals surface area contributed by atoms with E-state index in [9.17, 15) is 0 Å². The van der Waals surface area contributed by atoms with Crippen molar-refractivity contribution < 1.29 is 0 Å². The Kier molecular flexibility index (Phi) is 3.10. The van der Waals surface area contributed by atoms with Crippen molar-refractivity contribution in [3.8, 4) is 22.3 Å². The summed E-state index contributed by atoms with van der Waals surface area (Å²) in [4.78, 5) is 0. The first-order valence-corrected chi connectivity index (χ1v) is 10.2. The normalized spacial score (nSPS) is 18.1. The van der Waals surface area contributed by atoms with E-state index in [0.717, 1.165) is 15.1 Å². The molecule has 6 rings (SSSR count). The van der Waals surface area contributed by atoms with Crippen LogP contribution in [0.5, 0.6) is 0 Å². The maximum atomic E-state index is 6.74. The van der Waals surface area contributed by atoms with Crippen LogP contribution in [-0.2, 0) is 5.41 Å². The number of fused-ring (bicyclic) bond motifs is 10. The van der Waals surface area contributed by atoms with Gasteiger partial charge in [0.15, 0.2) is 0 Å². The van der Waals surface area contributed by atoms with E-state index in [0.29, 0.717) is 0 Å².